The first-order valence-corrected chi connectivity index (χ1v) is 7.44. The van der Waals surface area contributed by atoms with Crippen molar-refractivity contribution < 1.29 is 14.3 Å². The summed E-state index contributed by atoms with van der Waals surface area (Å²) in [4.78, 5) is 12.3. The fourth-order valence-corrected chi connectivity index (χ4v) is 2.92. The average molecular weight is 275 g/mol. The Morgan fingerprint density at radius 3 is 2.70 bits per heavy atom. The highest BCUT2D eigenvalue weighted by Crippen LogP contribution is 2.31. The number of carbonyl (C=O) groups is 1. The molecule has 4 nitrogen and oxygen atoms in total. The van der Waals surface area contributed by atoms with E-state index in [1.165, 1.54) is 12.8 Å². The second-order valence-electron chi connectivity index (χ2n) is 5.70. The summed E-state index contributed by atoms with van der Waals surface area (Å²) in [6, 6.07) is 5.73. The van der Waals surface area contributed by atoms with Gasteiger partial charge in [0.2, 0.25) is 0 Å². The Morgan fingerprint density at radius 1 is 1.15 bits per heavy atom. The summed E-state index contributed by atoms with van der Waals surface area (Å²) < 4.78 is 11.2. The molecule has 2 aliphatic rings. The largest absolute Gasteiger partial charge is 0.490 e. The van der Waals surface area contributed by atoms with Crippen molar-refractivity contribution in [2.45, 2.75) is 38.6 Å². The number of carbonyl (C=O) groups excluding carboxylic acids is 1. The van der Waals surface area contributed by atoms with E-state index in [0.717, 1.165) is 18.6 Å². The van der Waals surface area contributed by atoms with Crippen molar-refractivity contribution in [2.24, 2.45) is 5.92 Å². The van der Waals surface area contributed by atoms with Crippen molar-refractivity contribution in [2.75, 3.05) is 13.2 Å². The highest BCUT2D eigenvalue weighted by atomic mass is 16.5. The molecule has 1 saturated carbocycles. The molecule has 20 heavy (non-hydrogen) atoms. The molecule has 1 amide bonds. The zero-order valence-electron chi connectivity index (χ0n) is 11.9. The maximum atomic E-state index is 12.3. The molecule has 0 spiro atoms. The van der Waals surface area contributed by atoms with Gasteiger partial charge in [-0.05, 0) is 37.0 Å². The van der Waals surface area contributed by atoms with E-state index >= 15 is 0 Å². The van der Waals surface area contributed by atoms with Crippen LogP contribution < -0.4 is 14.8 Å². The molecule has 1 aromatic carbocycles. The van der Waals surface area contributed by atoms with E-state index in [1.54, 1.807) is 6.07 Å². The number of benzene rings is 1. The topological polar surface area (TPSA) is 47.6 Å². The van der Waals surface area contributed by atoms with Crippen LogP contribution in [0.15, 0.2) is 18.2 Å². The van der Waals surface area contributed by atoms with Gasteiger partial charge in [0.1, 0.15) is 0 Å². The van der Waals surface area contributed by atoms with Crippen LogP contribution in [-0.4, -0.2) is 25.2 Å². The van der Waals surface area contributed by atoms with E-state index in [2.05, 4.69) is 12.2 Å². The molecule has 0 aromatic heterocycles. The molecule has 1 fully saturated rings. The molecule has 108 valence electrons. The minimum absolute atomic E-state index is 0.0144. The molecule has 1 aliphatic carbocycles. The van der Waals surface area contributed by atoms with Gasteiger partial charge in [-0.15, -0.1) is 0 Å². The summed E-state index contributed by atoms with van der Waals surface area (Å²) in [5, 5.41) is 3.13. The van der Waals surface area contributed by atoms with Gasteiger partial charge in [-0.1, -0.05) is 13.3 Å². The van der Waals surface area contributed by atoms with E-state index in [9.17, 15) is 4.79 Å². The van der Waals surface area contributed by atoms with Crippen LogP contribution in [0.2, 0.25) is 0 Å². The maximum Gasteiger partial charge on any atom is 0.251 e. The SMILES string of the molecule is C[C@@H]1CCC[C@H]1NC(=O)c1ccc2c(c1)OCCCO2. The highest BCUT2D eigenvalue weighted by molar-refractivity contribution is 5.95. The van der Waals surface area contributed by atoms with Crippen LogP contribution in [0.3, 0.4) is 0 Å². The maximum absolute atomic E-state index is 12.3. The van der Waals surface area contributed by atoms with Gasteiger partial charge in [0, 0.05) is 18.0 Å². The van der Waals surface area contributed by atoms with Crippen LogP contribution in [0.5, 0.6) is 11.5 Å². The molecule has 0 saturated heterocycles. The predicted molar refractivity (Wildman–Crippen MR) is 76.3 cm³/mol. The second-order valence-corrected chi connectivity index (χ2v) is 5.70. The van der Waals surface area contributed by atoms with Gasteiger partial charge in [-0.2, -0.15) is 0 Å². The number of hydrogen-bond donors (Lipinski definition) is 1. The van der Waals surface area contributed by atoms with Crippen LogP contribution in [-0.2, 0) is 0 Å². The molecule has 2 atom stereocenters. The molecule has 1 heterocycles. The van der Waals surface area contributed by atoms with Gasteiger partial charge in [0.05, 0.1) is 13.2 Å². The first-order valence-electron chi connectivity index (χ1n) is 7.44. The van der Waals surface area contributed by atoms with Gasteiger partial charge in [0.25, 0.3) is 5.91 Å². The summed E-state index contributed by atoms with van der Waals surface area (Å²) in [5.41, 5.74) is 0.647. The molecule has 3 rings (SSSR count). The highest BCUT2D eigenvalue weighted by Gasteiger charge is 2.25. The summed E-state index contributed by atoms with van der Waals surface area (Å²) in [6.07, 6.45) is 4.35. The first-order chi connectivity index (χ1) is 9.74. The fraction of sp³-hybridized carbons (Fsp3) is 0.562. The van der Waals surface area contributed by atoms with Crippen molar-refractivity contribution in [3.63, 3.8) is 0 Å². The van der Waals surface area contributed by atoms with E-state index < -0.39 is 0 Å². The van der Waals surface area contributed by atoms with Gasteiger partial charge < -0.3 is 14.8 Å². The summed E-state index contributed by atoms with van der Waals surface area (Å²) in [6.45, 7) is 3.50. The van der Waals surface area contributed by atoms with Crippen LogP contribution in [0.1, 0.15) is 43.0 Å². The Labute approximate surface area is 119 Å². The third-order valence-corrected chi connectivity index (χ3v) is 4.19. The summed E-state index contributed by atoms with van der Waals surface area (Å²) in [7, 11) is 0. The molecular formula is C16H21NO3. The standard InChI is InChI=1S/C16H21NO3/c1-11-4-2-5-13(11)17-16(18)12-6-7-14-15(10-12)20-9-3-8-19-14/h6-7,10-11,13H,2-5,8-9H2,1H3,(H,17,18)/t11-,13-/m1/s1. The van der Waals surface area contributed by atoms with Gasteiger partial charge in [0.15, 0.2) is 11.5 Å². The lowest BCUT2D eigenvalue weighted by Gasteiger charge is -2.17. The summed E-state index contributed by atoms with van der Waals surface area (Å²) >= 11 is 0. The molecule has 1 N–H and O–H groups in total. The Hall–Kier alpha value is -1.71. The Bertz CT molecular complexity index is 500. The van der Waals surface area contributed by atoms with Crippen LogP contribution in [0.25, 0.3) is 0 Å². The number of nitrogens with one attached hydrogen (secondary N) is 1. The lowest BCUT2D eigenvalue weighted by molar-refractivity contribution is 0.0929. The lowest BCUT2D eigenvalue weighted by atomic mass is 10.1. The zero-order chi connectivity index (χ0) is 13.9. The Kier molecular flexibility index (Phi) is 3.81. The molecule has 1 aromatic rings. The Morgan fingerprint density at radius 2 is 1.95 bits per heavy atom. The quantitative estimate of drug-likeness (QED) is 0.902. The lowest BCUT2D eigenvalue weighted by Crippen LogP contribution is -2.36. The number of hydrogen-bond acceptors (Lipinski definition) is 3. The van der Waals surface area contributed by atoms with Gasteiger partial charge in [-0.25, -0.2) is 0 Å². The Balaban J connectivity index is 1.73. The molecule has 0 unspecified atom stereocenters. The van der Waals surface area contributed by atoms with Gasteiger partial charge >= 0.3 is 0 Å². The smallest absolute Gasteiger partial charge is 0.251 e. The summed E-state index contributed by atoms with van der Waals surface area (Å²) in [5.74, 6) is 1.96. The van der Waals surface area contributed by atoms with E-state index in [1.807, 2.05) is 12.1 Å². The number of fused-ring (bicyclic) bond motifs is 1. The van der Waals surface area contributed by atoms with Crippen molar-refractivity contribution in [1.82, 2.24) is 5.32 Å². The van der Waals surface area contributed by atoms with E-state index in [4.69, 9.17) is 9.47 Å². The fourth-order valence-electron chi connectivity index (χ4n) is 2.92. The van der Waals surface area contributed by atoms with Crippen molar-refractivity contribution in [3.05, 3.63) is 23.8 Å². The van der Waals surface area contributed by atoms with Crippen LogP contribution >= 0.6 is 0 Å². The van der Waals surface area contributed by atoms with Crippen LogP contribution in [0.4, 0.5) is 0 Å². The average Bonchev–Trinajstić information content (AvgIpc) is 2.73. The minimum atomic E-state index is -0.0144. The number of amides is 1. The molecule has 0 bridgehead atoms. The zero-order valence-corrected chi connectivity index (χ0v) is 11.9. The normalized spacial score (nSPS) is 25.1. The monoisotopic (exact) mass is 275 g/mol. The second kappa shape index (κ2) is 5.73. The van der Waals surface area contributed by atoms with Crippen molar-refractivity contribution in [1.29, 1.82) is 0 Å². The third-order valence-electron chi connectivity index (χ3n) is 4.19. The third kappa shape index (κ3) is 2.74. The van der Waals surface area contributed by atoms with Gasteiger partial charge in [-0.3, -0.25) is 4.79 Å². The van der Waals surface area contributed by atoms with Crippen molar-refractivity contribution >= 4 is 5.91 Å². The molecule has 0 radical (unpaired) electrons. The first kappa shape index (κ1) is 13.3. The molecule has 4 heteroatoms. The van der Waals surface area contributed by atoms with Crippen LogP contribution in [0, 0.1) is 5.92 Å². The number of rotatable bonds is 2. The minimum Gasteiger partial charge on any atom is -0.490 e. The van der Waals surface area contributed by atoms with E-state index in [0.29, 0.717) is 36.5 Å². The predicted octanol–water partition coefficient (Wildman–Crippen LogP) is 2.77. The molecular weight excluding hydrogens is 254 g/mol. The number of ether oxygens (including phenoxy) is 2. The van der Waals surface area contributed by atoms with E-state index in [-0.39, 0.29) is 5.91 Å². The van der Waals surface area contributed by atoms with Crippen molar-refractivity contribution in [3.8, 4) is 11.5 Å². The molecule has 1 aliphatic heterocycles.